The molecule has 0 aliphatic carbocycles. The van der Waals surface area contributed by atoms with Gasteiger partial charge in [-0.1, -0.05) is 0 Å². The first-order valence-electron chi connectivity index (χ1n) is 8.52. The number of carbonyl (C=O) groups excluding carboxylic acids is 2. The summed E-state index contributed by atoms with van der Waals surface area (Å²) in [6.45, 7) is 4.19. The SMILES string of the molecule is COC(=O)c1ccc(C(=O)NCC(c2ccco2)n2nc(C)cc2C)cc1. The average Bonchev–Trinajstić information content (AvgIpc) is 3.31. The van der Waals surface area contributed by atoms with Crippen LogP contribution in [0.3, 0.4) is 0 Å². The third kappa shape index (κ3) is 4.08. The number of esters is 1. The number of methoxy groups -OCH3 is 1. The maximum Gasteiger partial charge on any atom is 0.337 e. The van der Waals surface area contributed by atoms with Crippen LogP contribution in [0.25, 0.3) is 0 Å². The van der Waals surface area contributed by atoms with Crippen molar-refractivity contribution in [3.8, 4) is 0 Å². The molecule has 0 fully saturated rings. The lowest BCUT2D eigenvalue weighted by molar-refractivity contribution is 0.0600. The van der Waals surface area contributed by atoms with Crippen LogP contribution in [-0.4, -0.2) is 35.3 Å². The number of benzene rings is 1. The quantitative estimate of drug-likeness (QED) is 0.677. The summed E-state index contributed by atoms with van der Waals surface area (Å²) in [6, 6.07) is 11.7. The van der Waals surface area contributed by atoms with Crippen LogP contribution in [-0.2, 0) is 4.74 Å². The summed E-state index contributed by atoms with van der Waals surface area (Å²) in [5.41, 5.74) is 2.72. The van der Waals surface area contributed by atoms with E-state index in [-0.39, 0.29) is 11.9 Å². The number of rotatable bonds is 6. The van der Waals surface area contributed by atoms with Crippen molar-refractivity contribution >= 4 is 11.9 Å². The van der Waals surface area contributed by atoms with E-state index in [2.05, 4.69) is 15.2 Å². The van der Waals surface area contributed by atoms with Gasteiger partial charge in [0.2, 0.25) is 0 Å². The summed E-state index contributed by atoms with van der Waals surface area (Å²) >= 11 is 0. The molecule has 27 heavy (non-hydrogen) atoms. The zero-order valence-electron chi connectivity index (χ0n) is 15.4. The fraction of sp³-hybridized carbons (Fsp3) is 0.250. The number of nitrogens with zero attached hydrogens (tertiary/aromatic N) is 2. The number of aromatic nitrogens is 2. The van der Waals surface area contributed by atoms with Crippen molar-refractivity contribution in [1.82, 2.24) is 15.1 Å². The highest BCUT2D eigenvalue weighted by Crippen LogP contribution is 2.20. The Hall–Kier alpha value is -3.35. The molecule has 1 N–H and O–H groups in total. The van der Waals surface area contributed by atoms with Gasteiger partial charge >= 0.3 is 5.97 Å². The van der Waals surface area contributed by atoms with Gasteiger partial charge in [0.25, 0.3) is 5.91 Å². The van der Waals surface area contributed by atoms with E-state index in [4.69, 9.17) is 4.42 Å². The second-order valence-electron chi connectivity index (χ2n) is 6.18. The van der Waals surface area contributed by atoms with Crippen LogP contribution < -0.4 is 5.32 Å². The minimum atomic E-state index is -0.440. The second kappa shape index (κ2) is 7.90. The van der Waals surface area contributed by atoms with E-state index in [9.17, 15) is 9.59 Å². The number of amides is 1. The Morgan fingerprint density at radius 1 is 1.19 bits per heavy atom. The van der Waals surface area contributed by atoms with Crippen molar-refractivity contribution < 1.29 is 18.7 Å². The van der Waals surface area contributed by atoms with Gasteiger partial charge in [-0.15, -0.1) is 0 Å². The topological polar surface area (TPSA) is 86.4 Å². The number of nitrogens with one attached hydrogen (secondary N) is 1. The Morgan fingerprint density at radius 3 is 2.44 bits per heavy atom. The Morgan fingerprint density at radius 2 is 1.89 bits per heavy atom. The summed E-state index contributed by atoms with van der Waals surface area (Å²) in [6.07, 6.45) is 1.60. The fourth-order valence-corrected chi connectivity index (χ4v) is 2.92. The van der Waals surface area contributed by atoms with Crippen molar-refractivity contribution in [3.05, 3.63) is 77.0 Å². The number of aryl methyl sites for hydroxylation is 2. The molecule has 1 unspecified atom stereocenters. The van der Waals surface area contributed by atoms with E-state index >= 15 is 0 Å². The predicted octanol–water partition coefficient (Wildman–Crippen LogP) is 2.90. The molecule has 7 nitrogen and oxygen atoms in total. The molecular weight excluding hydrogens is 346 g/mol. The molecule has 7 heteroatoms. The van der Waals surface area contributed by atoms with Gasteiger partial charge < -0.3 is 14.5 Å². The van der Waals surface area contributed by atoms with Crippen molar-refractivity contribution in [3.63, 3.8) is 0 Å². The van der Waals surface area contributed by atoms with Crippen molar-refractivity contribution in [1.29, 1.82) is 0 Å². The van der Waals surface area contributed by atoms with E-state index in [0.29, 0.717) is 23.4 Å². The number of ether oxygens (including phenoxy) is 1. The molecule has 0 aliphatic heterocycles. The van der Waals surface area contributed by atoms with Crippen molar-refractivity contribution in [2.75, 3.05) is 13.7 Å². The van der Waals surface area contributed by atoms with Crippen LogP contribution in [0, 0.1) is 13.8 Å². The fourth-order valence-electron chi connectivity index (χ4n) is 2.92. The van der Waals surface area contributed by atoms with Crippen LogP contribution in [0.1, 0.15) is 43.9 Å². The van der Waals surface area contributed by atoms with Gasteiger partial charge in [-0.05, 0) is 56.3 Å². The van der Waals surface area contributed by atoms with Gasteiger partial charge in [0, 0.05) is 17.8 Å². The van der Waals surface area contributed by atoms with Gasteiger partial charge in [0.05, 0.1) is 24.6 Å². The summed E-state index contributed by atoms with van der Waals surface area (Å²) < 4.78 is 12.0. The van der Waals surface area contributed by atoms with Gasteiger partial charge in [-0.3, -0.25) is 9.48 Å². The highest BCUT2D eigenvalue weighted by molar-refractivity contribution is 5.96. The van der Waals surface area contributed by atoms with Gasteiger partial charge in [-0.2, -0.15) is 5.10 Å². The molecule has 2 aromatic heterocycles. The lowest BCUT2D eigenvalue weighted by Crippen LogP contribution is -2.32. The molecule has 1 aromatic carbocycles. The molecule has 3 rings (SSSR count). The smallest absolute Gasteiger partial charge is 0.337 e. The number of hydrogen-bond acceptors (Lipinski definition) is 5. The second-order valence-corrected chi connectivity index (χ2v) is 6.18. The lowest BCUT2D eigenvalue weighted by Gasteiger charge is -2.18. The van der Waals surface area contributed by atoms with Crippen LogP contribution in [0.4, 0.5) is 0 Å². The molecular formula is C20H21N3O4. The third-order valence-corrected chi connectivity index (χ3v) is 4.24. The van der Waals surface area contributed by atoms with E-state index in [1.165, 1.54) is 7.11 Å². The maximum absolute atomic E-state index is 12.5. The Balaban J connectivity index is 1.74. The van der Waals surface area contributed by atoms with E-state index in [1.54, 1.807) is 36.6 Å². The number of furan rings is 1. The Labute approximate surface area is 156 Å². The largest absolute Gasteiger partial charge is 0.467 e. The number of hydrogen-bond donors (Lipinski definition) is 1. The molecule has 0 radical (unpaired) electrons. The molecule has 1 atom stereocenters. The van der Waals surface area contributed by atoms with E-state index in [0.717, 1.165) is 11.4 Å². The van der Waals surface area contributed by atoms with Crippen LogP contribution in [0.15, 0.2) is 53.1 Å². The first-order valence-corrected chi connectivity index (χ1v) is 8.52. The minimum Gasteiger partial charge on any atom is -0.467 e. The molecule has 3 aromatic rings. The maximum atomic E-state index is 12.5. The van der Waals surface area contributed by atoms with Crippen LogP contribution >= 0.6 is 0 Å². The molecule has 140 valence electrons. The molecule has 1 amide bonds. The summed E-state index contributed by atoms with van der Waals surface area (Å²) in [4.78, 5) is 24.0. The third-order valence-electron chi connectivity index (χ3n) is 4.24. The molecule has 0 spiro atoms. The summed E-state index contributed by atoms with van der Waals surface area (Å²) in [5.74, 6) is 0.0245. The van der Waals surface area contributed by atoms with Gasteiger partial charge in [-0.25, -0.2) is 4.79 Å². The monoisotopic (exact) mass is 367 g/mol. The lowest BCUT2D eigenvalue weighted by atomic mass is 10.1. The highest BCUT2D eigenvalue weighted by Gasteiger charge is 2.21. The number of carbonyl (C=O) groups is 2. The summed E-state index contributed by atoms with van der Waals surface area (Å²) in [5, 5.41) is 7.42. The molecule has 0 bridgehead atoms. The highest BCUT2D eigenvalue weighted by atomic mass is 16.5. The Kier molecular flexibility index (Phi) is 5.40. The van der Waals surface area contributed by atoms with Crippen molar-refractivity contribution in [2.24, 2.45) is 0 Å². The molecule has 0 aliphatic rings. The zero-order chi connectivity index (χ0) is 19.4. The van der Waals surface area contributed by atoms with E-state index < -0.39 is 5.97 Å². The van der Waals surface area contributed by atoms with Crippen molar-refractivity contribution in [2.45, 2.75) is 19.9 Å². The molecule has 2 heterocycles. The predicted molar refractivity (Wildman–Crippen MR) is 98.7 cm³/mol. The van der Waals surface area contributed by atoms with Gasteiger partial charge in [0.15, 0.2) is 0 Å². The van der Waals surface area contributed by atoms with Crippen LogP contribution in [0.2, 0.25) is 0 Å². The normalized spacial score (nSPS) is 11.8. The Bertz CT molecular complexity index is 927. The van der Waals surface area contributed by atoms with Crippen LogP contribution in [0.5, 0.6) is 0 Å². The minimum absolute atomic E-state index is 0.246. The molecule has 0 saturated heterocycles. The molecule has 0 saturated carbocycles. The summed E-state index contributed by atoms with van der Waals surface area (Å²) in [7, 11) is 1.32. The standard InChI is InChI=1S/C20H21N3O4/c1-13-11-14(2)23(22-13)17(18-5-4-10-27-18)12-21-19(24)15-6-8-16(9-7-15)20(25)26-3/h4-11,17H,12H2,1-3H3,(H,21,24). The first-order chi connectivity index (χ1) is 13.0. The first kappa shape index (κ1) is 18.4. The van der Waals surface area contributed by atoms with Gasteiger partial charge in [0.1, 0.15) is 11.8 Å². The average molecular weight is 367 g/mol. The zero-order valence-corrected chi connectivity index (χ0v) is 15.4. The van der Waals surface area contributed by atoms with E-state index in [1.807, 2.05) is 30.7 Å².